The van der Waals surface area contributed by atoms with E-state index in [9.17, 15) is 13.2 Å². The Kier molecular flexibility index (Phi) is 5.96. The number of nitriles is 1. The molecule has 28 heavy (non-hydrogen) atoms. The molecule has 0 unspecified atom stereocenters. The Morgan fingerprint density at radius 2 is 1.32 bits per heavy atom. The molecule has 0 bridgehead atoms. The molecule has 0 aromatic heterocycles. The second-order valence-electron chi connectivity index (χ2n) is 6.52. The number of hydrogen-bond donors (Lipinski definition) is 0. The first-order valence-corrected chi connectivity index (χ1v) is 8.84. The SMILES string of the molecule is N#Cc1ccc(C=Cc2ccc(C[C@@H](c3ccccc3)C(F)(F)F)cc2)cc1. The van der Waals surface area contributed by atoms with Gasteiger partial charge in [-0.25, -0.2) is 0 Å². The zero-order valence-electron chi connectivity index (χ0n) is 15.0. The standard InChI is InChI=1S/C24H18F3N/c25-24(26,27)23(22-4-2-1-3-5-22)16-20-12-8-18(9-13-20)6-7-19-10-14-21(17-28)15-11-19/h1-15,23H,16H2/t23-/m0/s1. The van der Waals surface area contributed by atoms with Crippen molar-refractivity contribution in [2.45, 2.75) is 18.5 Å². The van der Waals surface area contributed by atoms with Crippen molar-refractivity contribution in [3.05, 3.63) is 107 Å². The summed E-state index contributed by atoms with van der Waals surface area (Å²) in [5, 5.41) is 8.81. The van der Waals surface area contributed by atoms with Crippen molar-refractivity contribution in [3.63, 3.8) is 0 Å². The van der Waals surface area contributed by atoms with Gasteiger partial charge in [-0.3, -0.25) is 0 Å². The van der Waals surface area contributed by atoms with Crippen molar-refractivity contribution in [1.82, 2.24) is 0 Å². The summed E-state index contributed by atoms with van der Waals surface area (Å²) in [6.07, 6.45) is -0.592. The molecule has 0 aliphatic heterocycles. The van der Waals surface area contributed by atoms with Crippen molar-refractivity contribution in [1.29, 1.82) is 5.26 Å². The van der Waals surface area contributed by atoms with E-state index in [4.69, 9.17) is 5.26 Å². The van der Waals surface area contributed by atoms with E-state index in [0.717, 1.165) is 11.1 Å². The van der Waals surface area contributed by atoms with Crippen LogP contribution in [0, 0.1) is 11.3 Å². The average molecular weight is 377 g/mol. The molecular formula is C24H18F3N. The molecule has 0 spiro atoms. The molecule has 0 aliphatic carbocycles. The molecule has 0 fully saturated rings. The highest BCUT2D eigenvalue weighted by molar-refractivity contribution is 5.69. The van der Waals surface area contributed by atoms with Crippen LogP contribution in [0.15, 0.2) is 78.9 Å². The van der Waals surface area contributed by atoms with Gasteiger partial charge in [-0.05, 0) is 40.8 Å². The highest BCUT2D eigenvalue weighted by Gasteiger charge is 2.40. The van der Waals surface area contributed by atoms with Crippen LogP contribution in [0.1, 0.15) is 33.7 Å². The zero-order chi connectivity index (χ0) is 20.0. The van der Waals surface area contributed by atoms with E-state index >= 15 is 0 Å². The van der Waals surface area contributed by atoms with Crippen LogP contribution in [-0.4, -0.2) is 6.18 Å². The molecule has 0 heterocycles. The van der Waals surface area contributed by atoms with Gasteiger partial charge in [-0.2, -0.15) is 18.4 Å². The van der Waals surface area contributed by atoms with E-state index in [2.05, 4.69) is 6.07 Å². The van der Waals surface area contributed by atoms with Gasteiger partial charge in [0.2, 0.25) is 0 Å². The van der Waals surface area contributed by atoms with Gasteiger partial charge in [-0.15, -0.1) is 0 Å². The third kappa shape index (κ3) is 5.11. The van der Waals surface area contributed by atoms with Crippen LogP contribution in [0.4, 0.5) is 13.2 Å². The number of halogens is 3. The van der Waals surface area contributed by atoms with Crippen molar-refractivity contribution in [2.75, 3.05) is 0 Å². The Hall–Kier alpha value is -3.32. The maximum absolute atomic E-state index is 13.5. The predicted molar refractivity (Wildman–Crippen MR) is 105 cm³/mol. The summed E-state index contributed by atoms with van der Waals surface area (Å²) in [4.78, 5) is 0. The minimum Gasteiger partial charge on any atom is -0.192 e. The fraction of sp³-hybridized carbons (Fsp3) is 0.125. The molecular weight excluding hydrogens is 359 g/mol. The van der Waals surface area contributed by atoms with E-state index in [1.54, 1.807) is 42.5 Å². The first kappa shape index (κ1) is 19.4. The molecule has 1 atom stereocenters. The van der Waals surface area contributed by atoms with E-state index in [1.165, 1.54) is 12.1 Å². The molecule has 0 saturated heterocycles. The zero-order valence-corrected chi connectivity index (χ0v) is 15.0. The predicted octanol–water partition coefficient (Wildman–Crippen LogP) is 6.62. The smallest absolute Gasteiger partial charge is 0.192 e. The van der Waals surface area contributed by atoms with Crippen molar-refractivity contribution in [3.8, 4) is 6.07 Å². The Bertz CT molecular complexity index is 964. The summed E-state index contributed by atoms with van der Waals surface area (Å²) in [5.41, 5.74) is 3.36. The molecule has 0 saturated carbocycles. The highest BCUT2D eigenvalue weighted by Crippen LogP contribution is 2.37. The summed E-state index contributed by atoms with van der Waals surface area (Å²) < 4.78 is 40.5. The van der Waals surface area contributed by atoms with Crippen LogP contribution < -0.4 is 0 Å². The van der Waals surface area contributed by atoms with Gasteiger partial charge in [0.25, 0.3) is 0 Å². The number of nitrogens with zero attached hydrogens (tertiary/aromatic N) is 1. The number of alkyl halides is 3. The minimum absolute atomic E-state index is 0.0901. The molecule has 0 amide bonds. The average Bonchev–Trinajstić information content (AvgIpc) is 2.71. The summed E-state index contributed by atoms with van der Waals surface area (Å²) >= 11 is 0. The fourth-order valence-corrected chi connectivity index (χ4v) is 2.97. The molecule has 0 aliphatic rings. The number of benzene rings is 3. The molecule has 140 valence electrons. The highest BCUT2D eigenvalue weighted by atomic mass is 19.4. The van der Waals surface area contributed by atoms with Gasteiger partial charge in [-0.1, -0.05) is 78.9 Å². The summed E-state index contributed by atoms with van der Waals surface area (Å²) in [6.45, 7) is 0. The second kappa shape index (κ2) is 8.58. The number of hydrogen-bond acceptors (Lipinski definition) is 1. The van der Waals surface area contributed by atoms with E-state index in [0.29, 0.717) is 11.1 Å². The van der Waals surface area contributed by atoms with Crippen molar-refractivity contribution >= 4 is 12.2 Å². The maximum atomic E-state index is 13.5. The summed E-state index contributed by atoms with van der Waals surface area (Å²) in [5.74, 6) is -1.52. The Morgan fingerprint density at radius 3 is 1.82 bits per heavy atom. The molecule has 0 N–H and O–H groups in total. The Morgan fingerprint density at radius 1 is 0.786 bits per heavy atom. The van der Waals surface area contributed by atoms with Crippen LogP contribution in [0.5, 0.6) is 0 Å². The molecule has 3 aromatic carbocycles. The van der Waals surface area contributed by atoms with Gasteiger partial charge >= 0.3 is 6.18 Å². The topological polar surface area (TPSA) is 23.8 Å². The first-order chi connectivity index (χ1) is 13.5. The quantitative estimate of drug-likeness (QED) is 0.459. The molecule has 0 radical (unpaired) electrons. The molecule has 3 aromatic rings. The monoisotopic (exact) mass is 377 g/mol. The third-order valence-corrected chi connectivity index (χ3v) is 4.52. The summed E-state index contributed by atoms with van der Waals surface area (Å²) in [7, 11) is 0. The van der Waals surface area contributed by atoms with Crippen LogP contribution in [-0.2, 0) is 6.42 Å². The maximum Gasteiger partial charge on any atom is 0.396 e. The van der Waals surface area contributed by atoms with E-state index in [-0.39, 0.29) is 12.0 Å². The largest absolute Gasteiger partial charge is 0.396 e. The first-order valence-electron chi connectivity index (χ1n) is 8.84. The lowest BCUT2D eigenvalue weighted by atomic mass is 9.91. The van der Waals surface area contributed by atoms with Gasteiger partial charge < -0.3 is 0 Å². The van der Waals surface area contributed by atoms with Crippen molar-refractivity contribution < 1.29 is 13.2 Å². The lowest BCUT2D eigenvalue weighted by Gasteiger charge is -2.21. The van der Waals surface area contributed by atoms with E-state index < -0.39 is 12.1 Å². The van der Waals surface area contributed by atoms with Crippen LogP contribution in [0.2, 0.25) is 0 Å². The normalized spacial score (nSPS) is 12.6. The minimum atomic E-state index is -4.30. The molecule has 3 rings (SSSR count). The fourth-order valence-electron chi connectivity index (χ4n) is 2.97. The lowest BCUT2D eigenvalue weighted by Crippen LogP contribution is -2.22. The van der Waals surface area contributed by atoms with Crippen molar-refractivity contribution in [2.24, 2.45) is 0 Å². The second-order valence-corrected chi connectivity index (χ2v) is 6.52. The Labute approximate surface area is 162 Å². The van der Waals surface area contributed by atoms with Crippen LogP contribution >= 0.6 is 0 Å². The number of rotatable bonds is 5. The third-order valence-electron chi connectivity index (χ3n) is 4.52. The van der Waals surface area contributed by atoms with Gasteiger partial charge in [0.05, 0.1) is 17.6 Å². The van der Waals surface area contributed by atoms with Gasteiger partial charge in [0.1, 0.15) is 0 Å². The Balaban J connectivity index is 1.72. The van der Waals surface area contributed by atoms with Gasteiger partial charge in [0, 0.05) is 0 Å². The van der Waals surface area contributed by atoms with E-state index in [1.807, 2.05) is 36.4 Å². The molecule has 1 nitrogen and oxygen atoms in total. The lowest BCUT2D eigenvalue weighted by molar-refractivity contribution is -0.150. The summed E-state index contributed by atoms with van der Waals surface area (Å²) in [6, 6.07) is 24.4. The van der Waals surface area contributed by atoms with Crippen LogP contribution in [0.25, 0.3) is 12.2 Å². The molecule has 4 heteroatoms. The van der Waals surface area contributed by atoms with Gasteiger partial charge in [0.15, 0.2) is 0 Å². The van der Waals surface area contributed by atoms with Crippen LogP contribution in [0.3, 0.4) is 0 Å².